The summed E-state index contributed by atoms with van der Waals surface area (Å²) in [6.07, 6.45) is 0.689. The first-order valence-electron chi connectivity index (χ1n) is 7.34. The van der Waals surface area contributed by atoms with Crippen LogP contribution in [-0.2, 0) is 27.2 Å². The van der Waals surface area contributed by atoms with Crippen molar-refractivity contribution in [3.63, 3.8) is 0 Å². The number of methoxy groups -OCH3 is 1. The summed E-state index contributed by atoms with van der Waals surface area (Å²) in [5.41, 5.74) is 1.63. The largest absolute Gasteiger partial charge is 0.383 e. The van der Waals surface area contributed by atoms with E-state index in [1.807, 2.05) is 41.8 Å². The average Bonchev–Trinajstić information content (AvgIpc) is 3.02. The van der Waals surface area contributed by atoms with E-state index in [2.05, 4.69) is 10.6 Å². The first-order chi connectivity index (χ1) is 11.2. The number of nitrogens with one attached hydrogen (secondary N) is 2. The number of rotatable bonds is 8. The summed E-state index contributed by atoms with van der Waals surface area (Å²) in [6, 6.07) is 11.2. The molecule has 0 atom stereocenters. The molecule has 1 heterocycles. The van der Waals surface area contributed by atoms with Gasteiger partial charge in [-0.05, 0) is 29.1 Å². The van der Waals surface area contributed by atoms with E-state index in [9.17, 15) is 9.59 Å². The van der Waals surface area contributed by atoms with Gasteiger partial charge in [-0.25, -0.2) is 0 Å². The minimum Gasteiger partial charge on any atom is -0.383 e. The Morgan fingerprint density at radius 1 is 1.09 bits per heavy atom. The molecule has 122 valence electrons. The molecule has 0 unspecified atom stereocenters. The fraction of sp³-hybridized carbons (Fsp3) is 0.294. The van der Waals surface area contributed by atoms with E-state index >= 15 is 0 Å². The van der Waals surface area contributed by atoms with Crippen LogP contribution in [0.4, 0.5) is 5.69 Å². The first kappa shape index (κ1) is 17.2. The van der Waals surface area contributed by atoms with E-state index in [4.69, 9.17) is 4.74 Å². The number of benzene rings is 1. The quantitative estimate of drug-likeness (QED) is 0.729. The Morgan fingerprint density at radius 3 is 2.52 bits per heavy atom. The number of carbonyl (C=O) groups is 2. The van der Waals surface area contributed by atoms with Crippen molar-refractivity contribution in [2.75, 3.05) is 25.6 Å². The number of carbonyl (C=O) groups excluding carboxylic acids is 2. The third-order valence-electron chi connectivity index (χ3n) is 3.15. The third kappa shape index (κ3) is 6.22. The molecule has 2 N–H and O–H groups in total. The van der Waals surface area contributed by atoms with Crippen LogP contribution in [0.15, 0.2) is 41.8 Å². The molecule has 0 radical (unpaired) electrons. The second kappa shape index (κ2) is 9.07. The molecule has 2 rings (SSSR count). The molecule has 0 aliphatic carbocycles. The SMILES string of the molecule is COCCNC(=O)Cc1ccc(NC(=O)Cc2cccs2)cc1. The lowest BCUT2D eigenvalue weighted by atomic mass is 10.1. The number of amides is 2. The van der Waals surface area contributed by atoms with Gasteiger partial charge in [0.15, 0.2) is 0 Å². The summed E-state index contributed by atoms with van der Waals surface area (Å²) in [5.74, 6) is -0.0889. The van der Waals surface area contributed by atoms with Crippen LogP contribution in [0.3, 0.4) is 0 Å². The van der Waals surface area contributed by atoms with Gasteiger partial charge in [0.25, 0.3) is 0 Å². The predicted molar refractivity (Wildman–Crippen MR) is 91.7 cm³/mol. The standard InChI is InChI=1S/C17H20N2O3S/c1-22-9-8-18-16(20)11-13-4-6-14(7-5-13)19-17(21)12-15-3-2-10-23-15/h2-7,10H,8-9,11-12H2,1H3,(H,18,20)(H,19,21). The van der Waals surface area contributed by atoms with E-state index in [1.165, 1.54) is 0 Å². The van der Waals surface area contributed by atoms with Crippen molar-refractivity contribution in [2.24, 2.45) is 0 Å². The van der Waals surface area contributed by atoms with Gasteiger partial charge in [0.1, 0.15) is 0 Å². The molecule has 0 aliphatic rings. The van der Waals surface area contributed by atoms with Crippen LogP contribution in [-0.4, -0.2) is 32.1 Å². The molecule has 2 aromatic rings. The lowest BCUT2D eigenvalue weighted by molar-refractivity contribution is -0.120. The van der Waals surface area contributed by atoms with Crippen molar-refractivity contribution in [3.8, 4) is 0 Å². The number of anilines is 1. The zero-order valence-corrected chi connectivity index (χ0v) is 13.8. The van der Waals surface area contributed by atoms with Crippen LogP contribution in [0.1, 0.15) is 10.4 Å². The maximum absolute atomic E-state index is 11.9. The van der Waals surface area contributed by atoms with Gasteiger partial charge in [0.05, 0.1) is 19.4 Å². The Balaban J connectivity index is 1.79. The van der Waals surface area contributed by atoms with Crippen LogP contribution in [0, 0.1) is 0 Å². The maximum atomic E-state index is 11.9. The topological polar surface area (TPSA) is 67.4 Å². The van der Waals surface area contributed by atoms with Crippen LogP contribution in [0.25, 0.3) is 0 Å². The number of ether oxygens (including phenoxy) is 1. The van der Waals surface area contributed by atoms with E-state index in [-0.39, 0.29) is 11.8 Å². The molecule has 0 fully saturated rings. The summed E-state index contributed by atoms with van der Waals surface area (Å²) in [7, 11) is 1.59. The van der Waals surface area contributed by atoms with Gasteiger partial charge in [-0.2, -0.15) is 0 Å². The first-order valence-corrected chi connectivity index (χ1v) is 8.22. The summed E-state index contributed by atoms with van der Waals surface area (Å²) in [5, 5.41) is 7.58. The number of hydrogen-bond acceptors (Lipinski definition) is 4. The normalized spacial score (nSPS) is 10.3. The molecule has 2 amide bonds. The lowest BCUT2D eigenvalue weighted by Gasteiger charge is -2.07. The maximum Gasteiger partial charge on any atom is 0.229 e. The molecule has 6 heteroatoms. The molecular weight excluding hydrogens is 312 g/mol. The van der Waals surface area contributed by atoms with Gasteiger partial charge < -0.3 is 15.4 Å². The highest BCUT2D eigenvalue weighted by molar-refractivity contribution is 7.10. The van der Waals surface area contributed by atoms with Gasteiger partial charge in [0.2, 0.25) is 11.8 Å². The highest BCUT2D eigenvalue weighted by Gasteiger charge is 2.06. The average molecular weight is 332 g/mol. The van der Waals surface area contributed by atoms with E-state index in [1.54, 1.807) is 18.4 Å². The van der Waals surface area contributed by atoms with Crippen LogP contribution < -0.4 is 10.6 Å². The molecule has 1 aromatic heterocycles. The fourth-order valence-electron chi connectivity index (χ4n) is 2.02. The van der Waals surface area contributed by atoms with Crippen molar-refractivity contribution >= 4 is 28.8 Å². The Kier molecular flexibility index (Phi) is 6.77. The summed E-state index contributed by atoms with van der Waals surface area (Å²) < 4.78 is 4.88. The Bertz CT molecular complexity index is 624. The van der Waals surface area contributed by atoms with Crippen LogP contribution in [0.5, 0.6) is 0 Å². The molecule has 0 saturated carbocycles. The van der Waals surface area contributed by atoms with E-state index in [0.29, 0.717) is 26.0 Å². The summed E-state index contributed by atoms with van der Waals surface area (Å²) in [6.45, 7) is 1.01. The highest BCUT2D eigenvalue weighted by atomic mass is 32.1. The molecule has 5 nitrogen and oxygen atoms in total. The van der Waals surface area contributed by atoms with Crippen molar-refractivity contribution in [1.82, 2.24) is 5.32 Å². The minimum atomic E-state index is -0.0449. The Hall–Kier alpha value is -2.18. The van der Waals surface area contributed by atoms with Crippen molar-refractivity contribution in [1.29, 1.82) is 0 Å². The van der Waals surface area contributed by atoms with Crippen LogP contribution >= 0.6 is 11.3 Å². The zero-order chi connectivity index (χ0) is 16.5. The number of hydrogen-bond donors (Lipinski definition) is 2. The monoisotopic (exact) mass is 332 g/mol. The molecule has 0 saturated heterocycles. The van der Waals surface area contributed by atoms with Gasteiger partial charge in [-0.1, -0.05) is 18.2 Å². The highest BCUT2D eigenvalue weighted by Crippen LogP contribution is 2.13. The molecule has 23 heavy (non-hydrogen) atoms. The van der Waals surface area contributed by atoms with Gasteiger partial charge in [-0.15, -0.1) is 11.3 Å². The summed E-state index contributed by atoms with van der Waals surface area (Å²) in [4.78, 5) is 24.6. The Labute approximate surface area is 139 Å². The minimum absolute atomic E-state index is 0.0440. The fourth-order valence-corrected chi connectivity index (χ4v) is 2.73. The lowest BCUT2D eigenvalue weighted by Crippen LogP contribution is -2.28. The Morgan fingerprint density at radius 2 is 1.87 bits per heavy atom. The third-order valence-corrected chi connectivity index (χ3v) is 4.02. The van der Waals surface area contributed by atoms with Crippen molar-refractivity contribution < 1.29 is 14.3 Å². The smallest absolute Gasteiger partial charge is 0.229 e. The van der Waals surface area contributed by atoms with Gasteiger partial charge in [-0.3, -0.25) is 9.59 Å². The zero-order valence-electron chi connectivity index (χ0n) is 13.0. The molecule has 0 bridgehead atoms. The molecule has 0 spiro atoms. The molecular formula is C17H20N2O3S. The van der Waals surface area contributed by atoms with Crippen molar-refractivity contribution in [3.05, 3.63) is 52.2 Å². The molecule has 0 aliphatic heterocycles. The number of thiophene rings is 1. The second-order valence-electron chi connectivity index (χ2n) is 5.02. The predicted octanol–water partition coefficient (Wildman–Crippen LogP) is 2.23. The van der Waals surface area contributed by atoms with Crippen molar-refractivity contribution in [2.45, 2.75) is 12.8 Å². The van der Waals surface area contributed by atoms with E-state index < -0.39 is 0 Å². The van der Waals surface area contributed by atoms with E-state index in [0.717, 1.165) is 16.1 Å². The van der Waals surface area contributed by atoms with Gasteiger partial charge >= 0.3 is 0 Å². The van der Waals surface area contributed by atoms with Crippen LogP contribution in [0.2, 0.25) is 0 Å². The molecule has 1 aromatic carbocycles. The van der Waals surface area contributed by atoms with Gasteiger partial charge in [0, 0.05) is 24.2 Å². The second-order valence-corrected chi connectivity index (χ2v) is 6.05. The summed E-state index contributed by atoms with van der Waals surface area (Å²) >= 11 is 1.56.